The Balaban J connectivity index is 2.76. The molecule has 0 aliphatic heterocycles. The number of unbranched alkanes of at least 4 members (excludes halogenated alkanes) is 1. The lowest BCUT2D eigenvalue weighted by molar-refractivity contribution is -0.136. The number of nitrogens with one attached hydrogen (secondary N) is 2. The van der Waals surface area contributed by atoms with Crippen LogP contribution < -0.4 is 10.6 Å². The van der Waals surface area contributed by atoms with E-state index in [9.17, 15) is 14.4 Å². The number of Topliss-reactive ketones (excluding diaryl/α,β-unsaturated/α-hetero) is 1. The van der Waals surface area contributed by atoms with Gasteiger partial charge in [0.05, 0.1) is 0 Å². The third-order valence-electron chi connectivity index (χ3n) is 4.14. The Bertz CT molecular complexity index is 609. The monoisotopic (exact) mass is 377 g/mol. The molecule has 2 N–H and O–H groups in total. The second-order valence-electron chi connectivity index (χ2n) is 7.23. The number of carbonyl (C=O) groups excluding carboxylic acids is 3. The van der Waals surface area contributed by atoms with Gasteiger partial charge in [0, 0.05) is 6.20 Å². The van der Waals surface area contributed by atoms with Crippen LogP contribution in [0.15, 0.2) is 24.4 Å². The molecule has 0 aliphatic carbocycles. The van der Waals surface area contributed by atoms with Crippen LogP contribution in [0.4, 0.5) is 10.6 Å². The van der Waals surface area contributed by atoms with Gasteiger partial charge in [-0.3, -0.25) is 9.59 Å². The third kappa shape index (κ3) is 7.76. The zero-order valence-electron chi connectivity index (χ0n) is 16.8. The van der Waals surface area contributed by atoms with Crippen LogP contribution in [0.5, 0.6) is 0 Å². The number of aromatic nitrogens is 1. The van der Waals surface area contributed by atoms with Crippen LogP contribution in [-0.4, -0.2) is 34.9 Å². The Labute approximate surface area is 161 Å². The fourth-order valence-corrected chi connectivity index (χ4v) is 2.79. The predicted molar refractivity (Wildman–Crippen MR) is 104 cm³/mol. The molecule has 0 bridgehead atoms. The summed E-state index contributed by atoms with van der Waals surface area (Å²) in [6.45, 7) is 9.85. The summed E-state index contributed by atoms with van der Waals surface area (Å²) in [5.41, 5.74) is 0. The summed E-state index contributed by atoms with van der Waals surface area (Å²) in [4.78, 5) is 41.0. The maximum atomic E-state index is 12.5. The van der Waals surface area contributed by atoms with Crippen molar-refractivity contribution in [3.8, 4) is 0 Å². The predicted octanol–water partition coefficient (Wildman–Crippen LogP) is 3.55. The van der Waals surface area contributed by atoms with Gasteiger partial charge in [-0.25, -0.2) is 9.78 Å². The van der Waals surface area contributed by atoms with Crippen molar-refractivity contribution in [2.45, 2.75) is 66.0 Å². The topological polar surface area (TPSA) is 97.4 Å². The first-order valence-electron chi connectivity index (χ1n) is 9.49. The van der Waals surface area contributed by atoms with E-state index in [2.05, 4.69) is 15.6 Å². The molecule has 0 aromatic carbocycles. The molecule has 1 aromatic heterocycles. The van der Waals surface area contributed by atoms with Crippen LogP contribution in [-0.2, 0) is 14.3 Å². The van der Waals surface area contributed by atoms with Crippen molar-refractivity contribution in [2.24, 2.45) is 11.8 Å². The van der Waals surface area contributed by atoms with Crippen molar-refractivity contribution in [1.29, 1.82) is 0 Å². The van der Waals surface area contributed by atoms with E-state index in [-0.39, 0.29) is 23.8 Å². The van der Waals surface area contributed by atoms with Crippen molar-refractivity contribution in [1.82, 2.24) is 10.3 Å². The highest BCUT2D eigenvalue weighted by molar-refractivity contribution is 6.42. The van der Waals surface area contributed by atoms with E-state index in [1.165, 1.54) is 6.20 Å². The van der Waals surface area contributed by atoms with E-state index in [0.29, 0.717) is 12.8 Å². The lowest BCUT2D eigenvalue weighted by Gasteiger charge is -2.26. The first-order valence-corrected chi connectivity index (χ1v) is 9.49. The standard InChI is InChI=1S/C20H31N3O4/c1-6-7-10-15(22-20(26)27-18(13(2)3)14(4)5)17(24)19(25)23-16-11-8-9-12-21-16/h8-9,11-15,18H,6-7,10H2,1-5H3,(H,22,26)(H,21,23,25)/t15-/m0/s1. The van der Waals surface area contributed by atoms with Crippen molar-refractivity contribution in [3.05, 3.63) is 24.4 Å². The second kappa shape index (κ2) is 11.3. The minimum atomic E-state index is -0.930. The molecule has 150 valence electrons. The Kier molecular flexibility index (Phi) is 9.47. The number of nitrogens with zero attached hydrogens (tertiary/aromatic N) is 1. The van der Waals surface area contributed by atoms with Crippen LogP contribution in [0.1, 0.15) is 53.9 Å². The largest absolute Gasteiger partial charge is 0.446 e. The van der Waals surface area contributed by atoms with Gasteiger partial charge in [0.1, 0.15) is 18.0 Å². The maximum Gasteiger partial charge on any atom is 0.408 e. The normalized spacial score (nSPS) is 12.1. The summed E-state index contributed by atoms with van der Waals surface area (Å²) < 4.78 is 5.49. The number of anilines is 1. The van der Waals surface area contributed by atoms with Crippen molar-refractivity contribution in [3.63, 3.8) is 0 Å². The molecule has 0 saturated heterocycles. The molecule has 1 aromatic rings. The van der Waals surface area contributed by atoms with E-state index < -0.39 is 23.8 Å². The molecule has 1 atom stereocenters. The average Bonchev–Trinajstić information content (AvgIpc) is 2.62. The molecule has 7 heteroatoms. The SMILES string of the molecule is CCCC[C@H](NC(=O)OC(C(C)C)C(C)C)C(=O)C(=O)Nc1ccccn1. The molecule has 0 spiro atoms. The number of ketones is 1. The van der Waals surface area contributed by atoms with Gasteiger partial charge in [-0.1, -0.05) is 53.5 Å². The lowest BCUT2D eigenvalue weighted by atomic mass is 9.96. The van der Waals surface area contributed by atoms with Gasteiger partial charge in [-0.15, -0.1) is 0 Å². The summed E-state index contributed by atoms with van der Waals surface area (Å²) in [6.07, 6.45) is 2.47. The van der Waals surface area contributed by atoms with E-state index in [1.54, 1.807) is 18.2 Å². The Hall–Kier alpha value is -2.44. The zero-order chi connectivity index (χ0) is 20.4. The fraction of sp³-hybridized carbons (Fsp3) is 0.600. The molecule has 0 aliphatic rings. The van der Waals surface area contributed by atoms with Gasteiger partial charge < -0.3 is 15.4 Å². The summed E-state index contributed by atoms with van der Waals surface area (Å²) in [5, 5.41) is 5.02. The Morgan fingerprint density at radius 1 is 1.11 bits per heavy atom. The van der Waals surface area contributed by atoms with Crippen LogP contribution in [0.25, 0.3) is 0 Å². The van der Waals surface area contributed by atoms with Gasteiger partial charge in [0.25, 0.3) is 5.91 Å². The lowest BCUT2D eigenvalue weighted by Crippen LogP contribution is -2.47. The number of rotatable bonds is 10. The number of hydrogen-bond acceptors (Lipinski definition) is 5. The summed E-state index contributed by atoms with van der Waals surface area (Å²) in [6, 6.07) is 4.07. The summed E-state index contributed by atoms with van der Waals surface area (Å²) in [7, 11) is 0. The number of amides is 2. The van der Waals surface area contributed by atoms with Gasteiger partial charge >= 0.3 is 6.09 Å². The number of ether oxygens (including phenoxy) is 1. The molecular weight excluding hydrogens is 346 g/mol. The summed E-state index contributed by atoms with van der Waals surface area (Å²) >= 11 is 0. The van der Waals surface area contributed by atoms with Gasteiger partial charge in [-0.05, 0) is 30.4 Å². The Morgan fingerprint density at radius 3 is 2.30 bits per heavy atom. The minimum Gasteiger partial charge on any atom is -0.446 e. The van der Waals surface area contributed by atoms with Crippen LogP contribution in [0.2, 0.25) is 0 Å². The van der Waals surface area contributed by atoms with Crippen LogP contribution in [0.3, 0.4) is 0 Å². The van der Waals surface area contributed by atoms with E-state index in [4.69, 9.17) is 4.74 Å². The number of carbonyl (C=O) groups is 3. The molecular formula is C20H31N3O4. The van der Waals surface area contributed by atoms with Gasteiger partial charge in [-0.2, -0.15) is 0 Å². The zero-order valence-corrected chi connectivity index (χ0v) is 16.8. The molecule has 1 heterocycles. The Morgan fingerprint density at radius 2 is 1.78 bits per heavy atom. The molecule has 0 saturated carbocycles. The summed E-state index contributed by atoms with van der Waals surface area (Å²) in [5.74, 6) is -0.940. The van der Waals surface area contributed by atoms with Gasteiger partial charge in [0.15, 0.2) is 0 Å². The number of hydrogen-bond donors (Lipinski definition) is 2. The van der Waals surface area contributed by atoms with E-state index in [0.717, 1.165) is 6.42 Å². The highest BCUT2D eigenvalue weighted by atomic mass is 16.6. The molecule has 7 nitrogen and oxygen atoms in total. The van der Waals surface area contributed by atoms with Crippen LogP contribution >= 0.6 is 0 Å². The molecule has 0 unspecified atom stereocenters. The first-order chi connectivity index (χ1) is 12.8. The molecule has 0 fully saturated rings. The maximum absolute atomic E-state index is 12.5. The van der Waals surface area contributed by atoms with Crippen molar-refractivity contribution < 1.29 is 19.1 Å². The first kappa shape index (κ1) is 22.6. The molecule has 1 rings (SSSR count). The molecule has 2 amide bonds. The average molecular weight is 377 g/mol. The number of alkyl carbamates (subject to hydrolysis) is 1. The van der Waals surface area contributed by atoms with Crippen LogP contribution in [0, 0.1) is 11.8 Å². The van der Waals surface area contributed by atoms with E-state index >= 15 is 0 Å². The smallest absolute Gasteiger partial charge is 0.408 e. The molecule has 0 radical (unpaired) electrons. The van der Waals surface area contributed by atoms with E-state index in [1.807, 2.05) is 34.6 Å². The van der Waals surface area contributed by atoms with Crippen molar-refractivity contribution in [2.75, 3.05) is 5.32 Å². The molecule has 27 heavy (non-hydrogen) atoms. The highest BCUT2D eigenvalue weighted by Crippen LogP contribution is 2.16. The quantitative estimate of drug-likeness (QED) is 0.608. The third-order valence-corrected chi connectivity index (χ3v) is 4.14. The van der Waals surface area contributed by atoms with Gasteiger partial charge in [0.2, 0.25) is 5.78 Å². The fourth-order valence-electron chi connectivity index (χ4n) is 2.79. The number of pyridine rings is 1. The highest BCUT2D eigenvalue weighted by Gasteiger charge is 2.29. The minimum absolute atomic E-state index is 0.146. The second-order valence-corrected chi connectivity index (χ2v) is 7.23. The van der Waals surface area contributed by atoms with Crippen molar-refractivity contribution >= 4 is 23.6 Å².